The summed E-state index contributed by atoms with van der Waals surface area (Å²) in [5.41, 5.74) is 1.39. The highest BCUT2D eigenvalue weighted by Gasteiger charge is 2.33. The molecule has 0 radical (unpaired) electrons. The summed E-state index contributed by atoms with van der Waals surface area (Å²) in [6.45, 7) is 0.764. The number of piperazine rings is 1. The maximum Gasteiger partial charge on any atom is 0.416 e. The zero-order valence-corrected chi connectivity index (χ0v) is 20.6. The van der Waals surface area contributed by atoms with Crippen LogP contribution in [0.25, 0.3) is 11.1 Å². The molecule has 9 heteroatoms. The van der Waals surface area contributed by atoms with Crippen LogP contribution in [0.1, 0.15) is 39.1 Å². The van der Waals surface area contributed by atoms with Gasteiger partial charge in [0.1, 0.15) is 0 Å². The largest absolute Gasteiger partial charge is 0.416 e. The maximum atomic E-state index is 13.0. The normalized spacial score (nSPS) is 13.9. The Morgan fingerprint density at radius 1 is 0.757 bits per heavy atom. The van der Waals surface area contributed by atoms with Gasteiger partial charge in [0.05, 0.1) is 16.1 Å². The molecule has 0 atom stereocenters. The second-order valence-corrected chi connectivity index (χ2v) is 9.14. The van der Waals surface area contributed by atoms with E-state index >= 15 is 0 Å². The van der Waals surface area contributed by atoms with Crippen molar-refractivity contribution in [3.05, 3.63) is 94.5 Å². The number of halogens is 4. The Morgan fingerprint density at radius 3 is 1.97 bits per heavy atom. The third-order valence-electron chi connectivity index (χ3n) is 6.32. The highest BCUT2D eigenvalue weighted by Crippen LogP contribution is 2.32. The summed E-state index contributed by atoms with van der Waals surface area (Å²) < 4.78 is 39.1. The van der Waals surface area contributed by atoms with Gasteiger partial charge in [-0.25, -0.2) is 0 Å². The maximum absolute atomic E-state index is 13.0. The smallest absolute Gasteiger partial charge is 0.339 e. The summed E-state index contributed by atoms with van der Waals surface area (Å²) in [5, 5.41) is -0.0631. The van der Waals surface area contributed by atoms with Crippen molar-refractivity contribution in [3.8, 4) is 11.1 Å². The SMILES string of the molecule is O=C(CCC(=O)N1CCN(C(=O)c2cc(C(F)(F)F)ccc2Cl)CC1)c1ccc(-c2ccccc2)cc1. The van der Waals surface area contributed by atoms with Crippen LogP contribution in [-0.4, -0.2) is 53.6 Å². The van der Waals surface area contributed by atoms with Gasteiger partial charge in [-0.3, -0.25) is 14.4 Å². The van der Waals surface area contributed by atoms with Crippen LogP contribution in [0.15, 0.2) is 72.8 Å². The zero-order valence-electron chi connectivity index (χ0n) is 19.8. The number of amides is 2. The molecule has 1 aliphatic rings. The molecule has 3 aromatic rings. The van der Waals surface area contributed by atoms with E-state index in [0.717, 1.165) is 29.3 Å². The second kappa shape index (κ2) is 11.2. The van der Waals surface area contributed by atoms with Gasteiger partial charge in [0.2, 0.25) is 5.91 Å². The third kappa shape index (κ3) is 6.38. The van der Waals surface area contributed by atoms with Gasteiger partial charge < -0.3 is 9.80 Å². The van der Waals surface area contributed by atoms with Crippen molar-refractivity contribution in [2.45, 2.75) is 19.0 Å². The predicted octanol–water partition coefficient (Wildman–Crippen LogP) is 5.97. The number of carbonyl (C=O) groups is 3. The van der Waals surface area contributed by atoms with Crippen molar-refractivity contribution in [1.29, 1.82) is 0 Å². The average Bonchev–Trinajstić information content (AvgIpc) is 2.91. The molecule has 1 heterocycles. The van der Waals surface area contributed by atoms with Crippen LogP contribution < -0.4 is 0 Å². The topological polar surface area (TPSA) is 57.7 Å². The number of nitrogens with zero attached hydrogens (tertiary/aromatic N) is 2. The van der Waals surface area contributed by atoms with Crippen LogP contribution in [0, 0.1) is 0 Å². The van der Waals surface area contributed by atoms with E-state index < -0.39 is 17.6 Å². The first kappa shape index (κ1) is 26.4. The molecule has 1 fully saturated rings. The molecule has 2 amide bonds. The lowest BCUT2D eigenvalue weighted by Gasteiger charge is -2.35. The number of alkyl halides is 3. The summed E-state index contributed by atoms with van der Waals surface area (Å²) in [5.74, 6) is -0.961. The first-order chi connectivity index (χ1) is 17.6. The molecule has 192 valence electrons. The van der Waals surface area contributed by atoms with Crippen LogP contribution in [0.3, 0.4) is 0 Å². The fourth-order valence-corrected chi connectivity index (χ4v) is 4.40. The minimum atomic E-state index is -4.59. The first-order valence-corrected chi connectivity index (χ1v) is 12.1. The molecule has 37 heavy (non-hydrogen) atoms. The number of hydrogen-bond donors (Lipinski definition) is 0. The van der Waals surface area contributed by atoms with Crippen molar-refractivity contribution in [1.82, 2.24) is 9.80 Å². The Labute approximate surface area is 217 Å². The minimum Gasteiger partial charge on any atom is -0.339 e. The Morgan fingerprint density at radius 2 is 1.35 bits per heavy atom. The number of benzene rings is 3. The number of carbonyl (C=O) groups excluding carboxylic acids is 3. The summed E-state index contributed by atoms with van der Waals surface area (Å²) in [6, 6.07) is 19.7. The standard InChI is InChI=1S/C28H24ClF3N2O3/c29-24-11-10-22(28(30,31)32)18-23(24)27(37)34-16-14-33(15-17-34)26(36)13-12-25(35)21-8-6-20(7-9-21)19-4-2-1-3-5-19/h1-11,18H,12-17H2. The number of Topliss-reactive ketones (excluding diaryl/α,β-unsaturated/α-hetero) is 1. The minimum absolute atomic E-state index is 0.0344. The fourth-order valence-electron chi connectivity index (χ4n) is 4.20. The van der Waals surface area contributed by atoms with E-state index in [1.54, 1.807) is 17.0 Å². The van der Waals surface area contributed by atoms with Crippen LogP contribution in [0.2, 0.25) is 5.02 Å². The zero-order chi connectivity index (χ0) is 26.6. The molecule has 0 spiro atoms. The highest BCUT2D eigenvalue weighted by molar-refractivity contribution is 6.33. The Bertz CT molecular complexity index is 1290. The van der Waals surface area contributed by atoms with E-state index in [2.05, 4.69) is 0 Å². The molecule has 0 bridgehead atoms. The molecule has 1 aliphatic heterocycles. The van der Waals surface area contributed by atoms with E-state index in [4.69, 9.17) is 11.6 Å². The lowest BCUT2D eigenvalue weighted by Crippen LogP contribution is -2.50. The van der Waals surface area contributed by atoms with Gasteiger partial charge in [0.25, 0.3) is 5.91 Å². The van der Waals surface area contributed by atoms with E-state index in [9.17, 15) is 27.6 Å². The van der Waals surface area contributed by atoms with Gasteiger partial charge in [-0.2, -0.15) is 13.2 Å². The number of hydrogen-bond acceptors (Lipinski definition) is 3. The van der Waals surface area contributed by atoms with Gasteiger partial charge in [-0.15, -0.1) is 0 Å². The lowest BCUT2D eigenvalue weighted by atomic mass is 10.0. The van der Waals surface area contributed by atoms with Gasteiger partial charge in [0, 0.05) is 44.6 Å². The van der Waals surface area contributed by atoms with Crippen LogP contribution in [0.4, 0.5) is 13.2 Å². The van der Waals surface area contributed by atoms with Crippen molar-refractivity contribution in [2.75, 3.05) is 26.2 Å². The molecule has 1 saturated heterocycles. The average molecular weight is 529 g/mol. The van der Waals surface area contributed by atoms with Crippen molar-refractivity contribution in [3.63, 3.8) is 0 Å². The molecular formula is C28H24ClF3N2O3. The molecule has 0 aliphatic carbocycles. The highest BCUT2D eigenvalue weighted by atomic mass is 35.5. The lowest BCUT2D eigenvalue weighted by molar-refractivity contribution is -0.137. The van der Waals surface area contributed by atoms with Crippen molar-refractivity contribution < 1.29 is 27.6 Å². The van der Waals surface area contributed by atoms with Gasteiger partial charge in [-0.05, 0) is 29.3 Å². The monoisotopic (exact) mass is 528 g/mol. The fraction of sp³-hybridized carbons (Fsp3) is 0.250. The number of ketones is 1. The molecule has 0 aromatic heterocycles. The van der Waals surface area contributed by atoms with Gasteiger partial charge >= 0.3 is 6.18 Å². The Balaban J connectivity index is 1.28. The Hall–Kier alpha value is -3.65. The van der Waals surface area contributed by atoms with Gasteiger partial charge in [0.15, 0.2) is 5.78 Å². The van der Waals surface area contributed by atoms with Crippen LogP contribution >= 0.6 is 11.6 Å². The molecule has 4 rings (SSSR count). The predicted molar refractivity (Wildman–Crippen MR) is 134 cm³/mol. The quantitative estimate of drug-likeness (QED) is 0.370. The molecule has 0 saturated carbocycles. The molecule has 0 N–H and O–H groups in total. The molecule has 3 aromatic carbocycles. The molecular weight excluding hydrogens is 505 g/mol. The van der Waals surface area contributed by atoms with E-state index in [1.165, 1.54) is 4.90 Å². The van der Waals surface area contributed by atoms with Crippen LogP contribution in [-0.2, 0) is 11.0 Å². The Kier molecular flexibility index (Phi) is 7.97. The van der Waals surface area contributed by atoms with Crippen LogP contribution in [0.5, 0.6) is 0 Å². The van der Waals surface area contributed by atoms with E-state index in [0.29, 0.717) is 5.56 Å². The summed E-state index contributed by atoms with van der Waals surface area (Å²) in [4.78, 5) is 41.0. The van der Waals surface area contributed by atoms with Gasteiger partial charge in [-0.1, -0.05) is 66.2 Å². The molecule has 5 nitrogen and oxygen atoms in total. The van der Waals surface area contributed by atoms with E-state index in [1.807, 2.05) is 42.5 Å². The summed E-state index contributed by atoms with van der Waals surface area (Å²) >= 11 is 5.99. The first-order valence-electron chi connectivity index (χ1n) is 11.8. The second-order valence-electron chi connectivity index (χ2n) is 8.73. The summed E-state index contributed by atoms with van der Waals surface area (Å²) in [6.07, 6.45) is -4.50. The molecule has 0 unspecified atom stereocenters. The summed E-state index contributed by atoms with van der Waals surface area (Å²) in [7, 11) is 0. The van der Waals surface area contributed by atoms with E-state index in [-0.39, 0.29) is 61.3 Å². The third-order valence-corrected chi connectivity index (χ3v) is 6.65. The number of rotatable bonds is 6. The van der Waals surface area contributed by atoms with Crippen molar-refractivity contribution >= 4 is 29.2 Å². The van der Waals surface area contributed by atoms with Crippen molar-refractivity contribution in [2.24, 2.45) is 0 Å².